The molecule has 0 bridgehead atoms. The third-order valence-corrected chi connectivity index (χ3v) is 3.87. The maximum Gasteiger partial charge on any atom is 0.126 e. The van der Waals surface area contributed by atoms with E-state index in [4.69, 9.17) is 16.3 Å². The lowest BCUT2D eigenvalue weighted by atomic mass is 9.74. The van der Waals surface area contributed by atoms with Crippen molar-refractivity contribution in [3.05, 3.63) is 34.6 Å². The van der Waals surface area contributed by atoms with Gasteiger partial charge in [0, 0.05) is 18.6 Å². The van der Waals surface area contributed by atoms with Gasteiger partial charge in [-0.25, -0.2) is 4.39 Å². The topological polar surface area (TPSA) is 29.5 Å². The van der Waals surface area contributed by atoms with Gasteiger partial charge in [0.25, 0.3) is 0 Å². The van der Waals surface area contributed by atoms with Crippen LogP contribution in [0.15, 0.2) is 18.2 Å². The molecule has 1 aliphatic carbocycles. The van der Waals surface area contributed by atoms with Gasteiger partial charge in [-0.2, -0.15) is 0 Å². The first-order valence-corrected chi connectivity index (χ1v) is 6.12. The fourth-order valence-electron chi connectivity index (χ4n) is 2.29. The molecule has 1 atom stereocenters. The van der Waals surface area contributed by atoms with Gasteiger partial charge in [0.2, 0.25) is 0 Å². The number of hydrogen-bond donors (Lipinski definition) is 1. The van der Waals surface area contributed by atoms with Gasteiger partial charge < -0.3 is 9.84 Å². The summed E-state index contributed by atoms with van der Waals surface area (Å²) in [4.78, 5) is 0. The van der Waals surface area contributed by atoms with E-state index in [9.17, 15) is 9.50 Å². The average Bonchev–Trinajstić information content (AvgIpc) is 2.23. The van der Waals surface area contributed by atoms with Crippen molar-refractivity contribution in [3.8, 4) is 0 Å². The van der Waals surface area contributed by atoms with E-state index in [1.165, 1.54) is 12.1 Å². The van der Waals surface area contributed by atoms with E-state index in [0.29, 0.717) is 10.6 Å². The molecular weight excluding hydrogens is 243 g/mol. The molecule has 1 saturated carbocycles. The minimum Gasteiger partial charge on any atom is -0.390 e. The summed E-state index contributed by atoms with van der Waals surface area (Å²) in [7, 11) is 1.59. The predicted molar refractivity (Wildman–Crippen MR) is 64.7 cm³/mol. The Kier molecular flexibility index (Phi) is 3.71. The summed E-state index contributed by atoms with van der Waals surface area (Å²) in [5.41, 5.74) is -0.0530. The molecule has 2 rings (SSSR count). The summed E-state index contributed by atoms with van der Waals surface area (Å²) in [6.45, 7) is 0. The Morgan fingerprint density at radius 1 is 1.53 bits per heavy atom. The monoisotopic (exact) mass is 258 g/mol. The van der Waals surface area contributed by atoms with Crippen LogP contribution in [-0.2, 0) is 11.2 Å². The Balaban J connectivity index is 2.12. The van der Waals surface area contributed by atoms with Crippen molar-refractivity contribution < 1.29 is 14.2 Å². The van der Waals surface area contributed by atoms with Gasteiger partial charge in [0.1, 0.15) is 5.82 Å². The van der Waals surface area contributed by atoms with Crippen LogP contribution in [0.1, 0.15) is 24.8 Å². The van der Waals surface area contributed by atoms with Crippen molar-refractivity contribution in [2.45, 2.75) is 37.4 Å². The Morgan fingerprint density at radius 2 is 2.24 bits per heavy atom. The van der Waals surface area contributed by atoms with Crippen LogP contribution in [0.2, 0.25) is 5.02 Å². The van der Waals surface area contributed by atoms with E-state index in [1.807, 2.05) is 0 Å². The molecule has 0 radical (unpaired) electrons. The van der Waals surface area contributed by atoms with Gasteiger partial charge >= 0.3 is 0 Å². The third-order valence-electron chi connectivity index (χ3n) is 3.63. The zero-order chi connectivity index (χ0) is 12.5. The summed E-state index contributed by atoms with van der Waals surface area (Å²) >= 11 is 5.82. The van der Waals surface area contributed by atoms with E-state index in [1.54, 1.807) is 13.2 Å². The molecule has 1 N–H and O–H groups in total. The smallest absolute Gasteiger partial charge is 0.126 e. The molecule has 0 heterocycles. The molecule has 0 aromatic heterocycles. The molecule has 1 aliphatic rings. The summed E-state index contributed by atoms with van der Waals surface area (Å²) in [6.07, 6.45) is 2.25. The van der Waals surface area contributed by atoms with Gasteiger partial charge in [-0.15, -0.1) is 0 Å². The highest BCUT2D eigenvalue weighted by Gasteiger charge is 2.43. The van der Waals surface area contributed by atoms with E-state index in [-0.39, 0.29) is 12.2 Å². The first kappa shape index (κ1) is 12.8. The van der Waals surface area contributed by atoms with Gasteiger partial charge in [-0.3, -0.25) is 0 Å². The summed E-state index contributed by atoms with van der Waals surface area (Å²) in [6, 6.07) is 4.38. The van der Waals surface area contributed by atoms with Crippen molar-refractivity contribution in [1.82, 2.24) is 0 Å². The Bertz CT molecular complexity index is 399. The lowest BCUT2D eigenvalue weighted by molar-refractivity contribution is -0.148. The van der Waals surface area contributed by atoms with Crippen molar-refractivity contribution in [2.75, 3.05) is 7.11 Å². The number of aliphatic hydroxyl groups excluding tert-OH is 1. The first-order chi connectivity index (χ1) is 8.07. The normalized spacial score (nSPS) is 19.8. The second-order valence-corrected chi connectivity index (χ2v) is 5.01. The highest BCUT2D eigenvalue weighted by atomic mass is 35.5. The molecule has 0 saturated heterocycles. The number of hydrogen-bond acceptors (Lipinski definition) is 2. The van der Waals surface area contributed by atoms with Crippen LogP contribution in [0.25, 0.3) is 0 Å². The molecule has 1 aromatic carbocycles. The van der Waals surface area contributed by atoms with Crippen LogP contribution in [0, 0.1) is 5.82 Å². The zero-order valence-electron chi connectivity index (χ0n) is 9.75. The zero-order valence-corrected chi connectivity index (χ0v) is 10.5. The number of rotatable bonds is 4. The summed E-state index contributed by atoms with van der Waals surface area (Å²) < 4.78 is 18.9. The quantitative estimate of drug-likeness (QED) is 0.900. The lowest BCUT2D eigenvalue weighted by Gasteiger charge is -2.44. The molecule has 1 fully saturated rings. The van der Waals surface area contributed by atoms with Gasteiger partial charge in [-0.1, -0.05) is 11.6 Å². The number of methoxy groups -OCH3 is 1. The van der Waals surface area contributed by atoms with Gasteiger partial charge in [0.15, 0.2) is 0 Å². The molecular formula is C13H16ClFO2. The minimum absolute atomic E-state index is 0.236. The summed E-state index contributed by atoms with van der Waals surface area (Å²) in [5, 5.41) is 10.6. The number of ether oxygens (including phenoxy) is 1. The van der Waals surface area contributed by atoms with E-state index < -0.39 is 11.7 Å². The van der Waals surface area contributed by atoms with Crippen molar-refractivity contribution in [3.63, 3.8) is 0 Å². The Hall–Kier alpha value is -0.640. The van der Waals surface area contributed by atoms with Crippen LogP contribution in [-0.4, -0.2) is 23.9 Å². The van der Waals surface area contributed by atoms with E-state index in [0.717, 1.165) is 19.3 Å². The van der Waals surface area contributed by atoms with Crippen molar-refractivity contribution in [2.24, 2.45) is 0 Å². The third kappa shape index (κ3) is 2.46. The number of aliphatic hydroxyl groups is 1. The second kappa shape index (κ2) is 4.92. The van der Waals surface area contributed by atoms with Crippen LogP contribution in [0.4, 0.5) is 4.39 Å². The minimum atomic E-state index is -0.686. The highest BCUT2D eigenvalue weighted by molar-refractivity contribution is 6.30. The standard InChI is InChI=1S/C13H16ClFO2/c1-17-13(5-2-6-13)12(16)8-9-7-10(14)3-4-11(9)15/h3-4,7,12,16H,2,5-6,8H2,1H3. The molecule has 1 unspecified atom stereocenters. The highest BCUT2D eigenvalue weighted by Crippen LogP contribution is 2.39. The van der Waals surface area contributed by atoms with E-state index >= 15 is 0 Å². The van der Waals surface area contributed by atoms with Crippen LogP contribution >= 0.6 is 11.6 Å². The van der Waals surface area contributed by atoms with Gasteiger partial charge in [-0.05, 0) is 43.0 Å². The predicted octanol–water partition coefficient (Wildman–Crippen LogP) is 2.95. The molecule has 17 heavy (non-hydrogen) atoms. The molecule has 4 heteroatoms. The number of benzene rings is 1. The molecule has 0 amide bonds. The molecule has 2 nitrogen and oxygen atoms in total. The second-order valence-electron chi connectivity index (χ2n) is 4.58. The lowest BCUT2D eigenvalue weighted by Crippen LogP contribution is -2.50. The van der Waals surface area contributed by atoms with Crippen LogP contribution < -0.4 is 0 Å². The Morgan fingerprint density at radius 3 is 2.76 bits per heavy atom. The fourth-order valence-corrected chi connectivity index (χ4v) is 2.49. The average molecular weight is 259 g/mol. The largest absolute Gasteiger partial charge is 0.390 e. The Labute approximate surface area is 105 Å². The SMILES string of the molecule is COC1(C(O)Cc2cc(Cl)ccc2F)CCC1. The maximum absolute atomic E-state index is 13.5. The summed E-state index contributed by atoms with van der Waals surface area (Å²) in [5.74, 6) is -0.334. The fraction of sp³-hybridized carbons (Fsp3) is 0.538. The first-order valence-electron chi connectivity index (χ1n) is 5.74. The number of halogens is 2. The van der Waals surface area contributed by atoms with Crippen LogP contribution in [0.3, 0.4) is 0 Å². The molecule has 1 aromatic rings. The van der Waals surface area contributed by atoms with Crippen molar-refractivity contribution >= 4 is 11.6 Å². The molecule has 0 aliphatic heterocycles. The van der Waals surface area contributed by atoms with Gasteiger partial charge in [0.05, 0.1) is 11.7 Å². The van der Waals surface area contributed by atoms with Crippen LogP contribution in [0.5, 0.6) is 0 Å². The van der Waals surface area contributed by atoms with Crippen molar-refractivity contribution in [1.29, 1.82) is 0 Å². The maximum atomic E-state index is 13.5. The van der Waals surface area contributed by atoms with E-state index in [2.05, 4.69) is 0 Å². The molecule has 0 spiro atoms. The molecule has 94 valence electrons.